The molecule has 0 aliphatic carbocycles. The van der Waals surface area contributed by atoms with Crippen LogP contribution in [-0.2, 0) is 20.0 Å². The molecule has 2 heterocycles. The zero-order valence-corrected chi connectivity index (χ0v) is 12.6. The predicted octanol–water partition coefficient (Wildman–Crippen LogP) is 1.94. The topological polar surface area (TPSA) is 47.4 Å². The first kappa shape index (κ1) is 13.7. The summed E-state index contributed by atoms with van der Waals surface area (Å²) < 4.78 is 7.17. The fourth-order valence-corrected chi connectivity index (χ4v) is 2.94. The number of carbonyl (C=O) groups excluding carboxylic acids is 1. The van der Waals surface area contributed by atoms with Crippen molar-refractivity contribution >= 4 is 5.91 Å². The average Bonchev–Trinajstić information content (AvgIpc) is 2.81. The van der Waals surface area contributed by atoms with E-state index in [4.69, 9.17) is 4.74 Å². The number of hydrogen-bond acceptors (Lipinski definition) is 3. The Morgan fingerprint density at radius 3 is 2.86 bits per heavy atom. The van der Waals surface area contributed by atoms with Crippen LogP contribution in [-0.4, -0.2) is 34.2 Å². The van der Waals surface area contributed by atoms with Crippen molar-refractivity contribution in [1.82, 2.24) is 14.7 Å². The molecule has 0 radical (unpaired) electrons. The molecule has 1 aliphatic rings. The van der Waals surface area contributed by atoms with E-state index in [1.54, 1.807) is 7.11 Å². The normalized spacial score (nSPS) is 14.0. The van der Waals surface area contributed by atoms with Gasteiger partial charge in [-0.05, 0) is 31.0 Å². The quantitative estimate of drug-likeness (QED) is 0.847. The highest BCUT2D eigenvalue weighted by Crippen LogP contribution is 2.25. The van der Waals surface area contributed by atoms with Crippen LogP contribution in [0, 0.1) is 6.92 Å². The van der Waals surface area contributed by atoms with Crippen LogP contribution in [0.3, 0.4) is 0 Å². The van der Waals surface area contributed by atoms with Crippen LogP contribution in [0.2, 0.25) is 0 Å². The zero-order valence-electron chi connectivity index (χ0n) is 12.6. The van der Waals surface area contributed by atoms with Gasteiger partial charge in [-0.25, -0.2) is 0 Å². The number of amides is 1. The van der Waals surface area contributed by atoms with Crippen LogP contribution in [0.5, 0.6) is 5.75 Å². The van der Waals surface area contributed by atoms with Crippen molar-refractivity contribution in [3.05, 3.63) is 46.8 Å². The largest absolute Gasteiger partial charge is 0.496 e. The smallest absolute Gasteiger partial charge is 0.257 e. The van der Waals surface area contributed by atoms with Crippen LogP contribution in [0.25, 0.3) is 0 Å². The van der Waals surface area contributed by atoms with Gasteiger partial charge in [0, 0.05) is 13.6 Å². The summed E-state index contributed by atoms with van der Waals surface area (Å²) >= 11 is 0. The average molecular weight is 285 g/mol. The SMILES string of the molecule is COc1ccccc1C(=O)N1CCc2c(C)nn(C)c2C1. The molecule has 0 spiro atoms. The summed E-state index contributed by atoms with van der Waals surface area (Å²) in [6, 6.07) is 7.36. The monoisotopic (exact) mass is 285 g/mol. The molecule has 1 amide bonds. The van der Waals surface area contributed by atoms with Crippen molar-refractivity contribution in [2.24, 2.45) is 7.05 Å². The molecule has 3 rings (SSSR count). The van der Waals surface area contributed by atoms with Crippen molar-refractivity contribution in [1.29, 1.82) is 0 Å². The third kappa shape index (κ3) is 2.28. The number of carbonyl (C=O) groups is 1. The van der Waals surface area contributed by atoms with Crippen LogP contribution >= 0.6 is 0 Å². The summed E-state index contributed by atoms with van der Waals surface area (Å²) in [4.78, 5) is 14.6. The summed E-state index contributed by atoms with van der Waals surface area (Å²) in [6.45, 7) is 3.34. The molecular weight excluding hydrogens is 266 g/mol. The Morgan fingerprint density at radius 2 is 2.10 bits per heavy atom. The molecule has 1 aromatic carbocycles. The second-order valence-electron chi connectivity index (χ2n) is 5.31. The Balaban J connectivity index is 1.89. The number of ether oxygens (including phenoxy) is 1. The molecule has 5 heteroatoms. The van der Waals surface area contributed by atoms with E-state index >= 15 is 0 Å². The van der Waals surface area contributed by atoms with E-state index in [1.807, 2.05) is 47.8 Å². The van der Waals surface area contributed by atoms with Gasteiger partial charge in [0.1, 0.15) is 5.75 Å². The van der Waals surface area contributed by atoms with E-state index in [2.05, 4.69) is 5.10 Å². The molecule has 5 nitrogen and oxygen atoms in total. The molecule has 0 fully saturated rings. The second kappa shape index (κ2) is 5.24. The van der Waals surface area contributed by atoms with Gasteiger partial charge in [-0.3, -0.25) is 9.48 Å². The summed E-state index contributed by atoms with van der Waals surface area (Å²) in [5, 5.41) is 4.45. The number of aromatic nitrogens is 2. The number of aryl methyl sites for hydroxylation is 2. The Bertz CT molecular complexity index is 691. The molecular formula is C16H19N3O2. The maximum Gasteiger partial charge on any atom is 0.257 e. The van der Waals surface area contributed by atoms with Crippen LogP contribution in [0.1, 0.15) is 27.3 Å². The van der Waals surface area contributed by atoms with Gasteiger partial charge < -0.3 is 9.64 Å². The van der Waals surface area contributed by atoms with Gasteiger partial charge >= 0.3 is 0 Å². The van der Waals surface area contributed by atoms with Crippen molar-refractivity contribution in [2.75, 3.05) is 13.7 Å². The minimum absolute atomic E-state index is 0.0111. The number of rotatable bonds is 2. The van der Waals surface area contributed by atoms with E-state index in [0.717, 1.165) is 24.4 Å². The standard InChI is InChI=1S/C16H19N3O2/c1-11-12-8-9-19(10-14(12)18(2)17-11)16(20)13-6-4-5-7-15(13)21-3/h4-7H,8-10H2,1-3H3. The summed E-state index contributed by atoms with van der Waals surface area (Å²) in [7, 11) is 3.52. The van der Waals surface area contributed by atoms with Crippen LogP contribution in [0.15, 0.2) is 24.3 Å². The van der Waals surface area contributed by atoms with Crippen molar-refractivity contribution < 1.29 is 9.53 Å². The van der Waals surface area contributed by atoms with Gasteiger partial charge in [-0.1, -0.05) is 12.1 Å². The van der Waals surface area contributed by atoms with Gasteiger partial charge in [0.15, 0.2) is 0 Å². The number of methoxy groups -OCH3 is 1. The first-order valence-electron chi connectivity index (χ1n) is 7.05. The lowest BCUT2D eigenvalue weighted by Crippen LogP contribution is -2.36. The van der Waals surface area contributed by atoms with Crippen LogP contribution in [0.4, 0.5) is 0 Å². The van der Waals surface area contributed by atoms with E-state index in [0.29, 0.717) is 17.9 Å². The second-order valence-corrected chi connectivity index (χ2v) is 5.31. The third-order valence-electron chi connectivity index (χ3n) is 4.07. The number of para-hydroxylation sites is 1. The first-order chi connectivity index (χ1) is 10.1. The lowest BCUT2D eigenvalue weighted by molar-refractivity contribution is 0.0727. The van der Waals surface area contributed by atoms with Gasteiger partial charge in [-0.2, -0.15) is 5.10 Å². The predicted molar refractivity (Wildman–Crippen MR) is 79.4 cm³/mol. The van der Waals surface area contributed by atoms with Gasteiger partial charge in [0.25, 0.3) is 5.91 Å². The number of benzene rings is 1. The highest BCUT2D eigenvalue weighted by Gasteiger charge is 2.27. The van der Waals surface area contributed by atoms with Gasteiger partial charge in [0.05, 0.1) is 30.6 Å². The fourth-order valence-electron chi connectivity index (χ4n) is 2.94. The van der Waals surface area contributed by atoms with Gasteiger partial charge in [0.2, 0.25) is 0 Å². The van der Waals surface area contributed by atoms with E-state index < -0.39 is 0 Å². The van der Waals surface area contributed by atoms with Gasteiger partial charge in [-0.15, -0.1) is 0 Å². The summed E-state index contributed by atoms with van der Waals surface area (Å²) in [5.74, 6) is 0.631. The van der Waals surface area contributed by atoms with E-state index in [9.17, 15) is 4.79 Å². The number of fused-ring (bicyclic) bond motifs is 1. The third-order valence-corrected chi connectivity index (χ3v) is 4.07. The lowest BCUT2D eigenvalue weighted by Gasteiger charge is -2.28. The minimum atomic E-state index is 0.0111. The zero-order chi connectivity index (χ0) is 15.0. The summed E-state index contributed by atoms with van der Waals surface area (Å²) in [6.07, 6.45) is 0.857. The van der Waals surface area contributed by atoms with Crippen LogP contribution < -0.4 is 4.74 Å². The molecule has 2 aromatic rings. The highest BCUT2D eigenvalue weighted by molar-refractivity contribution is 5.97. The molecule has 110 valence electrons. The molecule has 1 aliphatic heterocycles. The molecule has 0 N–H and O–H groups in total. The molecule has 0 bridgehead atoms. The minimum Gasteiger partial charge on any atom is -0.496 e. The molecule has 0 saturated heterocycles. The molecule has 0 saturated carbocycles. The molecule has 21 heavy (non-hydrogen) atoms. The Kier molecular flexibility index (Phi) is 3.41. The lowest BCUT2D eigenvalue weighted by atomic mass is 10.0. The molecule has 1 aromatic heterocycles. The van der Waals surface area contributed by atoms with Crippen molar-refractivity contribution in [2.45, 2.75) is 19.9 Å². The Morgan fingerprint density at radius 1 is 1.33 bits per heavy atom. The maximum absolute atomic E-state index is 12.7. The Labute approximate surface area is 124 Å². The molecule has 0 atom stereocenters. The van der Waals surface area contributed by atoms with Crippen molar-refractivity contribution in [3.63, 3.8) is 0 Å². The van der Waals surface area contributed by atoms with E-state index in [-0.39, 0.29) is 5.91 Å². The molecule has 0 unspecified atom stereocenters. The maximum atomic E-state index is 12.7. The van der Waals surface area contributed by atoms with Crippen molar-refractivity contribution in [3.8, 4) is 5.75 Å². The fraction of sp³-hybridized carbons (Fsp3) is 0.375. The highest BCUT2D eigenvalue weighted by atomic mass is 16.5. The van der Waals surface area contributed by atoms with E-state index in [1.165, 1.54) is 5.56 Å². The number of hydrogen-bond donors (Lipinski definition) is 0. The number of nitrogens with zero attached hydrogens (tertiary/aromatic N) is 3. The summed E-state index contributed by atoms with van der Waals surface area (Å²) in [5.41, 5.74) is 4.09. The Hall–Kier alpha value is -2.30. The first-order valence-corrected chi connectivity index (χ1v) is 7.05.